The van der Waals surface area contributed by atoms with Crippen molar-refractivity contribution in [3.05, 3.63) is 53.3 Å². The highest BCUT2D eigenvalue weighted by molar-refractivity contribution is 5.67. The molecule has 17 heavy (non-hydrogen) atoms. The van der Waals surface area contributed by atoms with Crippen molar-refractivity contribution in [2.75, 3.05) is 7.05 Å². The summed E-state index contributed by atoms with van der Waals surface area (Å²) in [7, 11) is 1.94. The van der Waals surface area contributed by atoms with Gasteiger partial charge in [0.25, 0.3) is 0 Å². The number of benzene rings is 1. The van der Waals surface area contributed by atoms with Gasteiger partial charge in [0, 0.05) is 12.7 Å². The molecule has 0 aliphatic heterocycles. The van der Waals surface area contributed by atoms with Crippen molar-refractivity contribution >= 4 is 0 Å². The van der Waals surface area contributed by atoms with Gasteiger partial charge in [-0.25, -0.2) is 0 Å². The van der Waals surface area contributed by atoms with E-state index >= 15 is 0 Å². The van der Waals surface area contributed by atoms with Crippen LogP contribution in [0.3, 0.4) is 0 Å². The number of aryl methyl sites for hydroxylation is 2. The average molecular weight is 226 g/mol. The Hall–Kier alpha value is -1.67. The largest absolute Gasteiger partial charge is 0.314 e. The molecule has 0 spiro atoms. The molecule has 88 valence electrons. The number of hydrogen-bond donors (Lipinski definition) is 1. The molecule has 1 N–H and O–H groups in total. The lowest BCUT2D eigenvalue weighted by Gasteiger charge is -2.08. The second kappa shape index (κ2) is 5.11. The molecule has 0 aliphatic rings. The molecule has 2 aromatic rings. The number of nitrogens with zero attached hydrogens (tertiary/aromatic N) is 1. The summed E-state index contributed by atoms with van der Waals surface area (Å²) in [6, 6.07) is 10.8. The lowest BCUT2D eigenvalue weighted by atomic mass is 9.99. The van der Waals surface area contributed by atoms with Gasteiger partial charge in [0.1, 0.15) is 0 Å². The van der Waals surface area contributed by atoms with Gasteiger partial charge in [0.05, 0.1) is 5.69 Å². The van der Waals surface area contributed by atoms with Crippen molar-refractivity contribution in [2.45, 2.75) is 20.4 Å². The van der Waals surface area contributed by atoms with Gasteiger partial charge in [-0.3, -0.25) is 4.98 Å². The van der Waals surface area contributed by atoms with Gasteiger partial charge in [-0.05, 0) is 49.7 Å². The molecule has 1 aromatic heterocycles. The van der Waals surface area contributed by atoms with Crippen molar-refractivity contribution in [1.82, 2.24) is 10.3 Å². The minimum Gasteiger partial charge on any atom is -0.314 e. The molecule has 0 fully saturated rings. The van der Waals surface area contributed by atoms with Gasteiger partial charge in [0.15, 0.2) is 0 Å². The van der Waals surface area contributed by atoms with Gasteiger partial charge in [-0.15, -0.1) is 0 Å². The van der Waals surface area contributed by atoms with E-state index in [1.54, 1.807) is 0 Å². The Labute approximate surface area is 103 Å². The maximum absolute atomic E-state index is 4.34. The van der Waals surface area contributed by atoms with Crippen LogP contribution < -0.4 is 5.32 Å². The van der Waals surface area contributed by atoms with Crippen LogP contribution in [0.15, 0.2) is 36.5 Å². The molecule has 1 heterocycles. The maximum atomic E-state index is 4.34. The summed E-state index contributed by atoms with van der Waals surface area (Å²) >= 11 is 0. The van der Waals surface area contributed by atoms with Crippen molar-refractivity contribution in [3.63, 3.8) is 0 Å². The fourth-order valence-corrected chi connectivity index (χ4v) is 1.97. The molecule has 0 saturated heterocycles. The number of pyridine rings is 1. The summed E-state index contributed by atoms with van der Waals surface area (Å²) in [5.41, 5.74) is 6.21. The van der Waals surface area contributed by atoms with Crippen LogP contribution in [0.1, 0.15) is 16.8 Å². The van der Waals surface area contributed by atoms with E-state index in [0.717, 1.165) is 12.2 Å². The third-order valence-electron chi connectivity index (χ3n) is 2.88. The first-order valence-corrected chi connectivity index (χ1v) is 5.88. The molecule has 2 rings (SSSR count). The first-order valence-electron chi connectivity index (χ1n) is 5.88. The standard InChI is InChI=1S/C15H18N2/c1-11-4-5-12(2)15(8-11)13-6-7-17-14(9-13)10-16-3/h4-9,16H,10H2,1-3H3. The zero-order valence-corrected chi connectivity index (χ0v) is 10.6. The molecule has 0 aliphatic carbocycles. The van der Waals surface area contributed by atoms with E-state index in [-0.39, 0.29) is 0 Å². The van der Waals surface area contributed by atoms with Crippen molar-refractivity contribution < 1.29 is 0 Å². The molecule has 0 radical (unpaired) electrons. The highest BCUT2D eigenvalue weighted by Gasteiger charge is 2.03. The summed E-state index contributed by atoms with van der Waals surface area (Å²) in [5, 5.41) is 3.13. The van der Waals surface area contributed by atoms with Gasteiger partial charge >= 0.3 is 0 Å². The predicted molar refractivity (Wildman–Crippen MR) is 71.9 cm³/mol. The Morgan fingerprint density at radius 2 is 1.94 bits per heavy atom. The van der Waals surface area contributed by atoms with Crippen LogP contribution >= 0.6 is 0 Å². The monoisotopic (exact) mass is 226 g/mol. The minimum atomic E-state index is 0.804. The van der Waals surface area contributed by atoms with E-state index in [1.165, 1.54) is 22.3 Å². The van der Waals surface area contributed by atoms with E-state index in [9.17, 15) is 0 Å². The van der Waals surface area contributed by atoms with Crippen LogP contribution in [0.2, 0.25) is 0 Å². The third kappa shape index (κ3) is 2.71. The second-order valence-electron chi connectivity index (χ2n) is 4.38. The normalized spacial score (nSPS) is 10.5. The van der Waals surface area contributed by atoms with Gasteiger partial charge in [-0.2, -0.15) is 0 Å². The van der Waals surface area contributed by atoms with Gasteiger partial charge < -0.3 is 5.32 Å². The first-order chi connectivity index (χ1) is 8.20. The molecule has 0 saturated carbocycles. The molecular formula is C15H18N2. The number of aromatic nitrogens is 1. The maximum Gasteiger partial charge on any atom is 0.0547 e. The van der Waals surface area contributed by atoms with E-state index in [4.69, 9.17) is 0 Å². The lowest BCUT2D eigenvalue weighted by Crippen LogP contribution is -2.06. The number of rotatable bonds is 3. The average Bonchev–Trinajstić information content (AvgIpc) is 2.33. The van der Waals surface area contributed by atoms with Crippen LogP contribution in [-0.4, -0.2) is 12.0 Å². The minimum absolute atomic E-state index is 0.804. The second-order valence-corrected chi connectivity index (χ2v) is 4.38. The highest BCUT2D eigenvalue weighted by Crippen LogP contribution is 2.24. The van der Waals surface area contributed by atoms with Crippen LogP contribution in [0, 0.1) is 13.8 Å². The highest BCUT2D eigenvalue weighted by atomic mass is 14.8. The molecule has 2 nitrogen and oxygen atoms in total. The SMILES string of the molecule is CNCc1cc(-c2cc(C)ccc2C)ccn1. The smallest absolute Gasteiger partial charge is 0.0547 e. The molecule has 1 aromatic carbocycles. The molecule has 2 heteroatoms. The van der Waals surface area contributed by atoms with Crippen LogP contribution in [0.5, 0.6) is 0 Å². The van der Waals surface area contributed by atoms with Crippen LogP contribution in [-0.2, 0) is 6.54 Å². The van der Waals surface area contributed by atoms with Crippen molar-refractivity contribution in [3.8, 4) is 11.1 Å². The lowest BCUT2D eigenvalue weighted by molar-refractivity contribution is 0.791. The van der Waals surface area contributed by atoms with Gasteiger partial charge in [-0.1, -0.05) is 23.8 Å². The van der Waals surface area contributed by atoms with E-state index in [2.05, 4.69) is 54.5 Å². The third-order valence-corrected chi connectivity index (χ3v) is 2.88. The van der Waals surface area contributed by atoms with Crippen LogP contribution in [0.25, 0.3) is 11.1 Å². The summed E-state index contributed by atoms with van der Waals surface area (Å²) in [6.07, 6.45) is 1.88. The summed E-state index contributed by atoms with van der Waals surface area (Å²) in [6.45, 7) is 5.07. The number of hydrogen-bond acceptors (Lipinski definition) is 2. The molecular weight excluding hydrogens is 208 g/mol. The van der Waals surface area contributed by atoms with E-state index < -0.39 is 0 Å². The predicted octanol–water partition coefficient (Wildman–Crippen LogP) is 3.08. The summed E-state index contributed by atoms with van der Waals surface area (Å²) < 4.78 is 0. The van der Waals surface area contributed by atoms with E-state index in [1.807, 2.05) is 13.2 Å². The zero-order valence-electron chi connectivity index (χ0n) is 10.6. The van der Waals surface area contributed by atoms with E-state index in [0.29, 0.717) is 0 Å². The summed E-state index contributed by atoms with van der Waals surface area (Å²) in [5.74, 6) is 0. The first kappa shape index (κ1) is 11.8. The van der Waals surface area contributed by atoms with Crippen LogP contribution in [0.4, 0.5) is 0 Å². The molecule has 0 bridgehead atoms. The molecule has 0 unspecified atom stereocenters. The summed E-state index contributed by atoms with van der Waals surface area (Å²) in [4.78, 5) is 4.34. The Balaban J connectivity index is 2.45. The number of nitrogens with one attached hydrogen (secondary N) is 1. The van der Waals surface area contributed by atoms with Gasteiger partial charge in [0.2, 0.25) is 0 Å². The Kier molecular flexibility index (Phi) is 3.55. The fourth-order valence-electron chi connectivity index (χ4n) is 1.97. The Bertz CT molecular complexity index is 518. The zero-order chi connectivity index (χ0) is 12.3. The molecule has 0 atom stereocenters. The quantitative estimate of drug-likeness (QED) is 0.870. The van der Waals surface area contributed by atoms with Crippen molar-refractivity contribution in [2.24, 2.45) is 0 Å². The Morgan fingerprint density at radius 3 is 2.71 bits per heavy atom. The van der Waals surface area contributed by atoms with Crippen molar-refractivity contribution in [1.29, 1.82) is 0 Å². The molecule has 0 amide bonds. The Morgan fingerprint density at radius 1 is 1.12 bits per heavy atom. The fraction of sp³-hybridized carbons (Fsp3) is 0.267. The topological polar surface area (TPSA) is 24.9 Å².